The van der Waals surface area contributed by atoms with Crippen LogP contribution in [0.4, 0.5) is 11.4 Å². The van der Waals surface area contributed by atoms with Crippen LogP contribution >= 0.6 is 23.2 Å². The maximum absolute atomic E-state index is 12.9. The molecule has 10 heteroatoms. The van der Waals surface area contributed by atoms with Gasteiger partial charge in [-0.2, -0.15) is 0 Å². The first-order valence-electron chi connectivity index (χ1n) is 15.5. The predicted molar refractivity (Wildman–Crippen MR) is 172 cm³/mol. The molecular formula is C36H28Cl2N2O6. The van der Waals surface area contributed by atoms with Gasteiger partial charge in [0, 0.05) is 34.4 Å². The standard InChI is InChI=1S/2C18H14ClNO3/c2*19-11-6-7-14-12(10-11)16-18(8-3-9-22-18)17(21)20(16)13-4-1-2-5-15(13)23-14/h2*1-2,4-7,10,16H,3,8-9H2/t2*16-,18-/m10/s1. The van der Waals surface area contributed by atoms with Crippen LogP contribution in [-0.4, -0.2) is 36.2 Å². The van der Waals surface area contributed by atoms with Gasteiger partial charge in [-0.25, -0.2) is 0 Å². The van der Waals surface area contributed by atoms with Gasteiger partial charge in [-0.05, 0) is 86.3 Å². The lowest BCUT2D eigenvalue weighted by molar-refractivity contribution is -0.156. The predicted octanol–water partition coefficient (Wildman–Crippen LogP) is 8.17. The molecular weight excluding hydrogens is 627 g/mol. The SMILES string of the molecule is O=C1N2c3ccccc3Oc3ccc(Cl)cc3[C@@H]2[C@]12CCCO2.O=C1N2c3ccccc3Oc3ccc(Cl)cc3[C@H]2[C@@]12CCCO2. The van der Waals surface area contributed by atoms with Crippen molar-refractivity contribution in [2.45, 2.75) is 49.0 Å². The van der Waals surface area contributed by atoms with E-state index in [2.05, 4.69) is 0 Å². The number of carbonyl (C=O) groups excluding carboxylic acids is 2. The van der Waals surface area contributed by atoms with E-state index in [1.54, 1.807) is 21.9 Å². The number of carbonyl (C=O) groups is 2. The summed E-state index contributed by atoms with van der Waals surface area (Å²) in [5.41, 5.74) is 1.87. The van der Waals surface area contributed by atoms with Crippen LogP contribution < -0.4 is 19.3 Å². The number of halogens is 2. The van der Waals surface area contributed by atoms with E-state index >= 15 is 0 Å². The highest BCUT2D eigenvalue weighted by molar-refractivity contribution is 6.31. The molecule has 6 aliphatic heterocycles. The average Bonchev–Trinajstić information content (AvgIpc) is 3.74. The number of nitrogens with zero attached hydrogens (tertiary/aromatic N) is 2. The van der Waals surface area contributed by atoms with Gasteiger partial charge in [-0.15, -0.1) is 0 Å². The molecule has 0 N–H and O–H groups in total. The molecule has 6 aliphatic rings. The van der Waals surface area contributed by atoms with Crippen molar-refractivity contribution in [3.63, 3.8) is 0 Å². The van der Waals surface area contributed by atoms with Gasteiger partial charge in [-0.3, -0.25) is 19.4 Å². The van der Waals surface area contributed by atoms with Crippen molar-refractivity contribution in [1.29, 1.82) is 0 Å². The summed E-state index contributed by atoms with van der Waals surface area (Å²) in [4.78, 5) is 29.5. The summed E-state index contributed by atoms with van der Waals surface area (Å²) in [6.07, 6.45) is 3.27. The Balaban J connectivity index is 0.000000127. The maximum Gasteiger partial charge on any atom is 0.262 e. The number of β-lactam (4-membered cyclic amide) rings is 2. The van der Waals surface area contributed by atoms with E-state index in [9.17, 15) is 9.59 Å². The van der Waals surface area contributed by atoms with Crippen LogP contribution in [0.3, 0.4) is 0 Å². The molecule has 46 heavy (non-hydrogen) atoms. The Morgan fingerprint density at radius 2 is 1.02 bits per heavy atom. The molecule has 8 nitrogen and oxygen atoms in total. The summed E-state index contributed by atoms with van der Waals surface area (Å²) < 4.78 is 24.0. The molecule has 4 aromatic carbocycles. The fourth-order valence-electron chi connectivity index (χ4n) is 7.90. The van der Waals surface area contributed by atoms with E-state index in [4.69, 9.17) is 42.1 Å². The van der Waals surface area contributed by atoms with Gasteiger partial charge in [0.25, 0.3) is 11.8 Å². The van der Waals surface area contributed by atoms with Crippen LogP contribution in [0.25, 0.3) is 0 Å². The lowest BCUT2D eigenvalue weighted by Gasteiger charge is -2.52. The number of amides is 2. The summed E-state index contributed by atoms with van der Waals surface area (Å²) in [6, 6.07) is 26.0. The second kappa shape index (κ2) is 10.2. The van der Waals surface area contributed by atoms with Crippen molar-refractivity contribution in [3.8, 4) is 23.0 Å². The van der Waals surface area contributed by atoms with Gasteiger partial charge in [0.05, 0.1) is 11.4 Å². The maximum atomic E-state index is 12.9. The largest absolute Gasteiger partial charge is 0.455 e. The van der Waals surface area contributed by atoms with Gasteiger partial charge in [0.2, 0.25) is 0 Å². The van der Waals surface area contributed by atoms with Crippen molar-refractivity contribution in [2.75, 3.05) is 23.0 Å². The Labute approximate surface area is 275 Å². The molecule has 0 saturated carbocycles. The molecule has 4 fully saturated rings. The third-order valence-corrected chi connectivity index (χ3v) is 10.4. The molecule has 2 amide bonds. The first kappa shape index (κ1) is 28.2. The molecule has 0 aliphatic carbocycles. The Morgan fingerprint density at radius 3 is 1.43 bits per heavy atom. The lowest BCUT2D eigenvalue weighted by atomic mass is 9.75. The van der Waals surface area contributed by atoms with E-state index in [0.29, 0.717) is 34.8 Å². The molecule has 10 rings (SSSR count). The number of para-hydroxylation sites is 4. The van der Waals surface area contributed by atoms with E-state index in [1.165, 1.54) is 0 Å². The molecule has 0 unspecified atom stereocenters. The first-order chi connectivity index (χ1) is 22.4. The fourth-order valence-corrected chi connectivity index (χ4v) is 8.26. The van der Waals surface area contributed by atoms with Gasteiger partial charge >= 0.3 is 0 Å². The Morgan fingerprint density at radius 1 is 0.587 bits per heavy atom. The number of hydrogen-bond acceptors (Lipinski definition) is 6. The second-order valence-corrected chi connectivity index (χ2v) is 13.2. The van der Waals surface area contributed by atoms with Gasteiger partial charge in [-0.1, -0.05) is 47.5 Å². The quantitative estimate of drug-likeness (QED) is 0.178. The lowest BCUT2D eigenvalue weighted by Crippen LogP contribution is -2.68. The smallest absolute Gasteiger partial charge is 0.262 e. The summed E-state index contributed by atoms with van der Waals surface area (Å²) in [5.74, 6) is 2.86. The summed E-state index contributed by atoms with van der Waals surface area (Å²) in [5, 5.41) is 1.26. The molecule has 2 spiro atoms. The fraction of sp³-hybridized carbons (Fsp3) is 0.278. The second-order valence-electron chi connectivity index (χ2n) is 12.3. The zero-order chi connectivity index (χ0) is 31.2. The molecule has 0 bridgehead atoms. The highest BCUT2D eigenvalue weighted by Gasteiger charge is 2.67. The van der Waals surface area contributed by atoms with Crippen molar-refractivity contribution in [1.82, 2.24) is 0 Å². The van der Waals surface area contributed by atoms with E-state index in [-0.39, 0.29) is 23.9 Å². The molecule has 6 heterocycles. The first-order valence-corrected chi connectivity index (χ1v) is 16.2. The Hall–Kier alpha value is -4.08. The van der Waals surface area contributed by atoms with E-state index in [0.717, 1.165) is 59.7 Å². The highest BCUT2D eigenvalue weighted by atomic mass is 35.5. The number of benzene rings is 4. The minimum atomic E-state index is -0.764. The summed E-state index contributed by atoms with van der Waals surface area (Å²) in [7, 11) is 0. The number of hydrogen-bond donors (Lipinski definition) is 0. The highest BCUT2D eigenvalue weighted by Crippen LogP contribution is 2.60. The molecule has 0 radical (unpaired) electrons. The third kappa shape index (κ3) is 3.81. The third-order valence-electron chi connectivity index (χ3n) is 9.89. The van der Waals surface area contributed by atoms with Crippen molar-refractivity contribution < 1.29 is 28.5 Å². The van der Waals surface area contributed by atoms with Crippen LogP contribution in [0.15, 0.2) is 84.9 Å². The van der Waals surface area contributed by atoms with Crippen molar-refractivity contribution >= 4 is 46.4 Å². The van der Waals surface area contributed by atoms with Crippen LogP contribution in [0.5, 0.6) is 23.0 Å². The van der Waals surface area contributed by atoms with Crippen LogP contribution in [0.1, 0.15) is 48.9 Å². The summed E-state index contributed by atoms with van der Waals surface area (Å²) >= 11 is 12.4. The van der Waals surface area contributed by atoms with Gasteiger partial charge in [0.15, 0.2) is 22.7 Å². The van der Waals surface area contributed by atoms with Crippen LogP contribution in [-0.2, 0) is 19.1 Å². The molecule has 4 atom stereocenters. The molecule has 232 valence electrons. The monoisotopic (exact) mass is 654 g/mol. The van der Waals surface area contributed by atoms with Crippen LogP contribution in [0.2, 0.25) is 10.0 Å². The van der Waals surface area contributed by atoms with E-state index < -0.39 is 11.2 Å². The van der Waals surface area contributed by atoms with Crippen molar-refractivity contribution in [2.24, 2.45) is 0 Å². The number of anilines is 2. The normalized spacial score (nSPS) is 27.6. The number of fused-ring (bicyclic) bond motifs is 12. The Bertz CT molecular complexity index is 1800. The van der Waals surface area contributed by atoms with Gasteiger partial charge < -0.3 is 18.9 Å². The molecule has 4 saturated heterocycles. The number of ether oxygens (including phenoxy) is 4. The Kier molecular flexibility index (Phi) is 6.25. The van der Waals surface area contributed by atoms with Crippen LogP contribution in [0, 0.1) is 0 Å². The molecule has 4 aromatic rings. The average molecular weight is 656 g/mol. The topological polar surface area (TPSA) is 77.5 Å². The molecule has 0 aromatic heterocycles. The van der Waals surface area contributed by atoms with Crippen molar-refractivity contribution in [3.05, 3.63) is 106 Å². The van der Waals surface area contributed by atoms with E-state index in [1.807, 2.05) is 72.8 Å². The number of rotatable bonds is 0. The zero-order valence-corrected chi connectivity index (χ0v) is 26.1. The van der Waals surface area contributed by atoms with Gasteiger partial charge in [0.1, 0.15) is 23.6 Å². The minimum Gasteiger partial charge on any atom is -0.455 e. The summed E-state index contributed by atoms with van der Waals surface area (Å²) in [6.45, 7) is 1.24. The zero-order valence-electron chi connectivity index (χ0n) is 24.6. The minimum absolute atomic E-state index is 0.0175.